The van der Waals surface area contributed by atoms with Crippen molar-refractivity contribution >= 4 is 16.2 Å². The Morgan fingerprint density at radius 3 is 2.61 bits per heavy atom. The van der Waals surface area contributed by atoms with E-state index in [0.29, 0.717) is 25.0 Å². The number of nitrogens with two attached hydrogens (primary N) is 1. The Morgan fingerprint density at radius 1 is 1.22 bits per heavy atom. The van der Waals surface area contributed by atoms with Crippen LogP contribution in [0.4, 0.5) is 0 Å². The summed E-state index contributed by atoms with van der Waals surface area (Å²) in [6, 6.07) is -0.0862. The van der Waals surface area contributed by atoms with Crippen molar-refractivity contribution in [2.24, 2.45) is 16.6 Å². The Hall–Kier alpha value is -0.860. The number of hydrogen-bond donors (Lipinski definition) is 1. The number of nitrogens with zero attached hydrogens (tertiary/aromatic N) is 4. The zero-order chi connectivity index (χ0) is 17.0. The number of hydrogen-bond acceptors (Lipinski definition) is 3. The first-order chi connectivity index (χ1) is 10.8. The largest absolute Gasteiger partial charge is 0.370 e. The van der Waals surface area contributed by atoms with Crippen molar-refractivity contribution in [1.29, 1.82) is 0 Å². The predicted molar refractivity (Wildman–Crippen MR) is 93.4 cm³/mol. The molecule has 7 nitrogen and oxygen atoms in total. The summed E-state index contributed by atoms with van der Waals surface area (Å²) in [6.45, 7) is 5.14. The van der Waals surface area contributed by atoms with Crippen LogP contribution in [-0.4, -0.2) is 74.2 Å². The van der Waals surface area contributed by atoms with Gasteiger partial charge < -0.3 is 10.6 Å². The molecule has 2 rings (SSSR count). The van der Waals surface area contributed by atoms with E-state index in [9.17, 15) is 8.42 Å². The highest BCUT2D eigenvalue weighted by atomic mass is 32.2. The molecule has 0 aromatic rings. The summed E-state index contributed by atoms with van der Waals surface area (Å²) in [5.41, 5.74) is 6.14. The molecule has 2 fully saturated rings. The Bertz CT molecular complexity index is 520. The lowest BCUT2D eigenvalue weighted by atomic mass is 10.0. The number of guanidine groups is 1. The molecule has 2 saturated heterocycles. The second-order valence-corrected chi connectivity index (χ2v) is 9.04. The lowest BCUT2D eigenvalue weighted by Crippen LogP contribution is -2.50. The molecular formula is C15H31N5O2S. The van der Waals surface area contributed by atoms with Crippen molar-refractivity contribution in [2.75, 3.05) is 40.3 Å². The van der Waals surface area contributed by atoms with Gasteiger partial charge in [-0.15, -0.1) is 0 Å². The molecule has 0 aliphatic carbocycles. The summed E-state index contributed by atoms with van der Waals surface area (Å²) in [5.74, 6) is 1.20. The summed E-state index contributed by atoms with van der Waals surface area (Å²) in [6.07, 6.45) is 5.18. The number of likely N-dealkylation sites (tertiary alicyclic amines) is 1. The molecule has 0 aromatic heterocycles. The first kappa shape index (κ1) is 18.5. The topological polar surface area (TPSA) is 82.2 Å². The normalized spacial score (nSPS) is 28.3. The molecule has 2 heterocycles. The van der Waals surface area contributed by atoms with Crippen LogP contribution in [0.5, 0.6) is 0 Å². The van der Waals surface area contributed by atoms with Crippen LogP contribution < -0.4 is 5.73 Å². The van der Waals surface area contributed by atoms with Gasteiger partial charge in [-0.25, -0.2) is 0 Å². The van der Waals surface area contributed by atoms with Gasteiger partial charge in [0, 0.05) is 39.8 Å². The molecule has 23 heavy (non-hydrogen) atoms. The van der Waals surface area contributed by atoms with E-state index in [1.54, 1.807) is 18.4 Å². The third-order valence-corrected chi connectivity index (χ3v) is 6.77. The summed E-state index contributed by atoms with van der Waals surface area (Å²) in [5, 5.41) is 0. The molecule has 8 heteroatoms. The van der Waals surface area contributed by atoms with Crippen LogP contribution in [0.25, 0.3) is 0 Å². The Labute approximate surface area is 140 Å². The van der Waals surface area contributed by atoms with Gasteiger partial charge in [0.15, 0.2) is 5.96 Å². The molecule has 0 bridgehead atoms. The van der Waals surface area contributed by atoms with Crippen molar-refractivity contribution in [2.45, 2.75) is 45.1 Å². The van der Waals surface area contributed by atoms with E-state index in [2.05, 4.69) is 16.8 Å². The lowest BCUT2D eigenvalue weighted by Gasteiger charge is -2.36. The SMILES string of the molecule is CC1CCCN(C(N)=NCC2CCCCN2S(=O)(=O)N(C)C)C1. The van der Waals surface area contributed by atoms with Crippen LogP contribution in [0.3, 0.4) is 0 Å². The standard InChI is InChI=1S/C15H31N5O2S/c1-13-7-6-9-19(12-13)15(16)17-11-14-8-4-5-10-20(14)23(21,22)18(2)3/h13-14H,4-12H2,1-3H3,(H2,16,17). The maximum atomic E-state index is 12.4. The minimum Gasteiger partial charge on any atom is -0.370 e. The fourth-order valence-corrected chi connectivity index (χ4v) is 4.69. The number of aliphatic imine (C=N–C) groups is 1. The molecule has 2 aliphatic rings. The number of rotatable bonds is 4. The van der Waals surface area contributed by atoms with Crippen molar-refractivity contribution in [3.05, 3.63) is 0 Å². The Kier molecular flexibility index (Phi) is 6.27. The van der Waals surface area contributed by atoms with Gasteiger partial charge >= 0.3 is 0 Å². The smallest absolute Gasteiger partial charge is 0.281 e. The summed E-state index contributed by atoms with van der Waals surface area (Å²) < 4.78 is 27.8. The highest BCUT2D eigenvalue weighted by molar-refractivity contribution is 7.86. The Morgan fingerprint density at radius 2 is 1.96 bits per heavy atom. The first-order valence-electron chi connectivity index (χ1n) is 8.56. The second-order valence-electron chi connectivity index (χ2n) is 6.94. The molecule has 0 saturated carbocycles. The molecule has 2 unspecified atom stereocenters. The van der Waals surface area contributed by atoms with E-state index in [0.717, 1.165) is 38.8 Å². The molecule has 0 aromatic carbocycles. The van der Waals surface area contributed by atoms with E-state index in [1.165, 1.54) is 10.7 Å². The minimum absolute atomic E-state index is 0.0862. The third kappa shape index (κ3) is 4.58. The van der Waals surface area contributed by atoms with Gasteiger partial charge in [0.1, 0.15) is 0 Å². The quantitative estimate of drug-likeness (QED) is 0.600. The molecule has 0 spiro atoms. The molecule has 0 radical (unpaired) electrons. The van der Waals surface area contributed by atoms with Crippen molar-refractivity contribution in [3.63, 3.8) is 0 Å². The van der Waals surface area contributed by atoms with E-state index < -0.39 is 10.2 Å². The molecule has 2 N–H and O–H groups in total. The van der Waals surface area contributed by atoms with Gasteiger partial charge in [0.25, 0.3) is 10.2 Å². The van der Waals surface area contributed by atoms with Crippen LogP contribution in [0.15, 0.2) is 4.99 Å². The van der Waals surface area contributed by atoms with Crippen molar-refractivity contribution in [3.8, 4) is 0 Å². The zero-order valence-electron chi connectivity index (χ0n) is 14.6. The predicted octanol–water partition coefficient (Wildman–Crippen LogP) is 0.694. The third-order valence-electron chi connectivity index (χ3n) is 4.78. The highest BCUT2D eigenvalue weighted by Crippen LogP contribution is 2.22. The van der Waals surface area contributed by atoms with Crippen LogP contribution in [0.1, 0.15) is 39.0 Å². The summed E-state index contributed by atoms with van der Waals surface area (Å²) in [4.78, 5) is 6.65. The first-order valence-corrected chi connectivity index (χ1v) is 9.96. The average Bonchev–Trinajstić information content (AvgIpc) is 2.52. The van der Waals surface area contributed by atoms with E-state index in [-0.39, 0.29) is 6.04 Å². The second kappa shape index (κ2) is 7.81. The molecule has 2 aliphatic heterocycles. The lowest BCUT2D eigenvalue weighted by molar-refractivity contribution is 0.242. The molecule has 0 amide bonds. The highest BCUT2D eigenvalue weighted by Gasteiger charge is 2.33. The number of piperidine rings is 2. The molecule has 134 valence electrons. The van der Waals surface area contributed by atoms with Gasteiger partial charge in [0.2, 0.25) is 0 Å². The van der Waals surface area contributed by atoms with Crippen LogP contribution >= 0.6 is 0 Å². The molecule has 2 atom stereocenters. The minimum atomic E-state index is -3.39. The van der Waals surface area contributed by atoms with Gasteiger partial charge in [-0.2, -0.15) is 17.0 Å². The fourth-order valence-electron chi connectivity index (χ4n) is 3.37. The van der Waals surface area contributed by atoms with Crippen LogP contribution in [0.2, 0.25) is 0 Å². The maximum Gasteiger partial charge on any atom is 0.281 e. The van der Waals surface area contributed by atoms with Crippen molar-refractivity contribution < 1.29 is 8.42 Å². The summed E-state index contributed by atoms with van der Waals surface area (Å²) >= 11 is 0. The average molecular weight is 346 g/mol. The van der Waals surface area contributed by atoms with Gasteiger partial charge in [-0.1, -0.05) is 13.3 Å². The van der Waals surface area contributed by atoms with E-state index >= 15 is 0 Å². The van der Waals surface area contributed by atoms with E-state index in [4.69, 9.17) is 5.73 Å². The van der Waals surface area contributed by atoms with Crippen LogP contribution in [0, 0.1) is 5.92 Å². The van der Waals surface area contributed by atoms with Gasteiger partial charge in [0.05, 0.1) is 6.54 Å². The Balaban J connectivity index is 2.03. The van der Waals surface area contributed by atoms with Gasteiger partial charge in [-0.05, 0) is 31.6 Å². The fraction of sp³-hybridized carbons (Fsp3) is 0.933. The zero-order valence-corrected chi connectivity index (χ0v) is 15.4. The van der Waals surface area contributed by atoms with Crippen molar-refractivity contribution in [1.82, 2.24) is 13.5 Å². The monoisotopic (exact) mass is 345 g/mol. The van der Waals surface area contributed by atoms with Gasteiger partial charge in [-0.3, -0.25) is 4.99 Å². The summed E-state index contributed by atoms with van der Waals surface area (Å²) in [7, 11) is -0.233. The van der Waals surface area contributed by atoms with Crippen LogP contribution in [-0.2, 0) is 10.2 Å². The molecular weight excluding hydrogens is 314 g/mol. The maximum absolute atomic E-state index is 12.4. The van der Waals surface area contributed by atoms with E-state index in [1.807, 2.05) is 0 Å².